The van der Waals surface area contributed by atoms with Crippen molar-refractivity contribution in [1.82, 2.24) is 4.98 Å². The Labute approximate surface area is 109 Å². The molecule has 0 saturated carbocycles. The molecule has 3 aromatic rings. The molecule has 2 nitrogen and oxygen atoms in total. The zero-order valence-electron chi connectivity index (χ0n) is 9.47. The number of benzene rings is 2. The van der Waals surface area contributed by atoms with Gasteiger partial charge in [0.05, 0.1) is 6.20 Å². The van der Waals surface area contributed by atoms with E-state index in [2.05, 4.69) is 4.98 Å². The molecule has 0 aliphatic rings. The molecule has 0 spiro atoms. The second-order valence-electron chi connectivity index (χ2n) is 4.03. The van der Waals surface area contributed by atoms with Gasteiger partial charge in [-0.05, 0) is 11.1 Å². The lowest BCUT2D eigenvalue weighted by Crippen LogP contribution is -1.85. The molecule has 0 aliphatic heterocycles. The molecule has 18 heavy (non-hydrogen) atoms. The Bertz CT molecular complexity index is 710. The minimum absolute atomic E-state index is 0.147. The lowest BCUT2D eigenvalue weighted by molar-refractivity contribution is 0.479. The predicted molar refractivity (Wildman–Crippen MR) is 73.9 cm³/mol. The van der Waals surface area contributed by atoms with Crippen LogP contribution in [0.1, 0.15) is 0 Å². The van der Waals surface area contributed by atoms with E-state index in [4.69, 9.17) is 11.6 Å². The van der Waals surface area contributed by atoms with E-state index in [9.17, 15) is 5.11 Å². The van der Waals surface area contributed by atoms with Crippen molar-refractivity contribution in [3.8, 4) is 16.9 Å². The highest BCUT2D eigenvalue weighted by molar-refractivity contribution is 6.35. The summed E-state index contributed by atoms with van der Waals surface area (Å²) in [6.07, 6.45) is 1.39. The van der Waals surface area contributed by atoms with Gasteiger partial charge < -0.3 is 5.11 Å². The molecule has 0 amide bonds. The number of rotatable bonds is 1. The van der Waals surface area contributed by atoms with Gasteiger partial charge >= 0.3 is 0 Å². The van der Waals surface area contributed by atoms with Crippen LogP contribution in [0.5, 0.6) is 5.75 Å². The van der Waals surface area contributed by atoms with Crippen molar-refractivity contribution in [2.75, 3.05) is 0 Å². The highest BCUT2D eigenvalue weighted by Crippen LogP contribution is 2.36. The molecular weight excluding hydrogens is 246 g/mol. The summed E-state index contributed by atoms with van der Waals surface area (Å²) in [5.74, 6) is 0.147. The van der Waals surface area contributed by atoms with Crippen LogP contribution in [0.3, 0.4) is 0 Å². The van der Waals surface area contributed by atoms with E-state index in [0.29, 0.717) is 5.15 Å². The van der Waals surface area contributed by atoms with Crippen LogP contribution in [0, 0.1) is 0 Å². The molecule has 3 heteroatoms. The van der Waals surface area contributed by atoms with Crippen LogP contribution in [0.25, 0.3) is 21.9 Å². The zero-order valence-corrected chi connectivity index (χ0v) is 10.2. The number of hydrogen-bond donors (Lipinski definition) is 1. The van der Waals surface area contributed by atoms with E-state index in [-0.39, 0.29) is 5.75 Å². The van der Waals surface area contributed by atoms with Gasteiger partial charge in [0.2, 0.25) is 0 Å². The molecule has 0 fully saturated rings. The summed E-state index contributed by atoms with van der Waals surface area (Å²) in [7, 11) is 0. The molecule has 0 saturated heterocycles. The minimum Gasteiger partial charge on any atom is -0.506 e. The van der Waals surface area contributed by atoms with Crippen LogP contribution in [-0.4, -0.2) is 10.1 Å². The first-order valence-corrected chi connectivity index (χ1v) is 5.97. The van der Waals surface area contributed by atoms with Crippen molar-refractivity contribution in [3.63, 3.8) is 0 Å². The van der Waals surface area contributed by atoms with Crippen LogP contribution < -0.4 is 0 Å². The first-order valence-electron chi connectivity index (χ1n) is 5.59. The number of aromatic nitrogens is 1. The molecule has 1 heterocycles. The summed E-state index contributed by atoms with van der Waals surface area (Å²) in [5.41, 5.74) is 2.00. The molecule has 0 aliphatic carbocycles. The highest BCUT2D eigenvalue weighted by Gasteiger charge is 2.10. The standard InChI is InChI=1S/C15H10ClNO/c16-15-12-8-4-7-11(10-5-2-1-3-6-10)14(12)13(18)9-17-15/h1-9,18H. The third-order valence-corrected chi connectivity index (χ3v) is 3.23. The Morgan fingerprint density at radius 3 is 2.50 bits per heavy atom. The Morgan fingerprint density at radius 1 is 0.944 bits per heavy atom. The van der Waals surface area contributed by atoms with E-state index in [1.54, 1.807) is 0 Å². The number of hydrogen-bond acceptors (Lipinski definition) is 2. The molecule has 1 aromatic heterocycles. The van der Waals surface area contributed by atoms with E-state index in [1.807, 2.05) is 48.5 Å². The van der Waals surface area contributed by atoms with Gasteiger partial charge in [0.15, 0.2) is 0 Å². The van der Waals surface area contributed by atoms with Gasteiger partial charge in [-0.15, -0.1) is 0 Å². The van der Waals surface area contributed by atoms with E-state index >= 15 is 0 Å². The molecule has 0 radical (unpaired) electrons. The number of nitrogens with zero attached hydrogens (tertiary/aromatic N) is 1. The largest absolute Gasteiger partial charge is 0.506 e. The van der Waals surface area contributed by atoms with Gasteiger partial charge in [-0.25, -0.2) is 4.98 Å². The number of pyridine rings is 1. The maximum atomic E-state index is 10.0. The topological polar surface area (TPSA) is 33.1 Å². The summed E-state index contributed by atoms with van der Waals surface area (Å²) in [6.45, 7) is 0. The minimum atomic E-state index is 0.147. The van der Waals surface area contributed by atoms with Crippen molar-refractivity contribution in [1.29, 1.82) is 0 Å². The lowest BCUT2D eigenvalue weighted by atomic mass is 9.99. The van der Waals surface area contributed by atoms with Crippen molar-refractivity contribution in [2.45, 2.75) is 0 Å². The van der Waals surface area contributed by atoms with Crippen molar-refractivity contribution >= 4 is 22.4 Å². The fourth-order valence-corrected chi connectivity index (χ4v) is 2.32. The average Bonchev–Trinajstić information content (AvgIpc) is 2.43. The van der Waals surface area contributed by atoms with Gasteiger partial charge in [0, 0.05) is 10.8 Å². The average molecular weight is 256 g/mol. The third kappa shape index (κ3) is 1.71. The summed E-state index contributed by atoms with van der Waals surface area (Å²) in [4.78, 5) is 3.96. The smallest absolute Gasteiger partial charge is 0.142 e. The number of aromatic hydroxyl groups is 1. The maximum absolute atomic E-state index is 10.0. The van der Waals surface area contributed by atoms with Crippen LogP contribution in [0.15, 0.2) is 54.7 Å². The molecule has 1 N–H and O–H groups in total. The Morgan fingerprint density at radius 2 is 1.72 bits per heavy atom. The highest BCUT2D eigenvalue weighted by atomic mass is 35.5. The second kappa shape index (κ2) is 4.31. The van der Waals surface area contributed by atoms with Crippen molar-refractivity contribution in [2.24, 2.45) is 0 Å². The Balaban J connectivity index is 2.41. The summed E-state index contributed by atoms with van der Waals surface area (Å²) in [6, 6.07) is 15.6. The van der Waals surface area contributed by atoms with Gasteiger partial charge in [-0.2, -0.15) is 0 Å². The predicted octanol–water partition coefficient (Wildman–Crippen LogP) is 4.26. The van der Waals surface area contributed by atoms with Gasteiger partial charge in [-0.3, -0.25) is 0 Å². The maximum Gasteiger partial charge on any atom is 0.142 e. The molecular formula is C15H10ClNO. The Kier molecular flexibility index (Phi) is 2.65. The molecule has 0 unspecified atom stereocenters. The van der Waals surface area contributed by atoms with Crippen LogP contribution >= 0.6 is 11.6 Å². The summed E-state index contributed by atoms with van der Waals surface area (Å²) >= 11 is 6.07. The Hall–Kier alpha value is -2.06. The molecule has 3 rings (SSSR count). The van der Waals surface area contributed by atoms with Gasteiger partial charge in [-0.1, -0.05) is 60.1 Å². The van der Waals surface area contributed by atoms with Crippen LogP contribution in [0.2, 0.25) is 5.15 Å². The first kappa shape index (κ1) is 11.1. The molecule has 0 bridgehead atoms. The molecule has 0 atom stereocenters. The number of fused-ring (bicyclic) bond motifs is 1. The van der Waals surface area contributed by atoms with Crippen molar-refractivity contribution < 1.29 is 5.11 Å². The lowest BCUT2D eigenvalue weighted by Gasteiger charge is -2.09. The fraction of sp³-hybridized carbons (Fsp3) is 0. The van der Waals surface area contributed by atoms with Crippen LogP contribution in [0.4, 0.5) is 0 Å². The first-order chi connectivity index (χ1) is 8.77. The molecule has 2 aromatic carbocycles. The van der Waals surface area contributed by atoms with E-state index in [0.717, 1.165) is 21.9 Å². The van der Waals surface area contributed by atoms with Crippen LogP contribution in [-0.2, 0) is 0 Å². The molecule has 88 valence electrons. The van der Waals surface area contributed by atoms with E-state index in [1.165, 1.54) is 6.20 Å². The fourth-order valence-electron chi connectivity index (χ4n) is 2.11. The monoisotopic (exact) mass is 255 g/mol. The number of halogens is 1. The van der Waals surface area contributed by atoms with Gasteiger partial charge in [0.25, 0.3) is 0 Å². The quantitative estimate of drug-likeness (QED) is 0.659. The normalized spacial score (nSPS) is 10.7. The third-order valence-electron chi connectivity index (χ3n) is 2.93. The zero-order chi connectivity index (χ0) is 12.5. The van der Waals surface area contributed by atoms with Gasteiger partial charge in [0.1, 0.15) is 10.9 Å². The summed E-state index contributed by atoms with van der Waals surface area (Å²) < 4.78 is 0. The SMILES string of the molecule is Oc1cnc(Cl)c2cccc(-c3ccccc3)c12. The summed E-state index contributed by atoms with van der Waals surface area (Å²) in [5, 5.41) is 11.9. The second-order valence-corrected chi connectivity index (χ2v) is 4.39. The van der Waals surface area contributed by atoms with E-state index < -0.39 is 0 Å². The van der Waals surface area contributed by atoms with Crippen molar-refractivity contribution in [3.05, 3.63) is 59.9 Å².